The molecule has 0 saturated carbocycles. The lowest BCUT2D eigenvalue weighted by Crippen LogP contribution is -2.10. The predicted octanol–water partition coefficient (Wildman–Crippen LogP) is 2.26. The SMILES string of the molecule is Cc1nc(NN)cc(Nc2ccc(F)c(C)c2)n1. The van der Waals surface area contributed by atoms with Crippen molar-refractivity contribution in [3.8, 4) is 0 Å². The summed E-state index contributed by atoms with van der Waals surface area (Å²) in [4.78, 5) is 8.30. The maximum Gasteiger partial charge on any atom is 0.145 e. The van der Waals surface area contributed by atoms with E-state index in [4.69, 9.17) is 5.84 Å². The number of hydrogen-bond donors (Lipinski definition) is 3. The van der Waals surface area contributed by atoms with Crippen molar-refractivity contribution in [2.45, 2.75) is 13.8 Å². The lowest BCUT2D eigenvalue weighted by molar-refractivity contribution is 0.619. The minimum atomic E-state index is -0.233. The number of rotatable bonds is 3. The van der Waals surface area contributed by atoms with Gasteiger partial charge in [0.2, 0.25) is 0 Å². The van der Waals surface area contributed by atoms with E-state index in [2.05, 4.69) is 20.7 Å². The second-order valence-electron chi connectivity index (χ2n) is 3.92. The van der Waals surface area contributed by atoms with Crippen LogP contribution in [0.2, 0.25) is 0 Å². The zero-order chi connectivity index (χ0) is 13.1. The van der Waals surface area contributed by atoms with Gasteiger partial charge in [-0.1, -0.05) is 0 Å². The second kappa shape index (κ2) is 4.97. The Morgan fingerprint density at radius 1 is 1.11 bits per heavy atom. The molecule has 2 aromatic rings. The monoisotopic (exact) mass is 247 g/mol. The van der Waals surface area contributed by atoms with Crippen LogP contribution in [0.25, 0.3) is 0 Å². The Hall–Kier alpha value is -2.21. The Labute approximate surface area is 104 Å². The Morgan fingerprint density at radius 3 is 2.50 bits per heavy atom. The fourth-order valence-corrected chi connectivity index (χ4v) is 1.58. The van der Waals surface area contributed by atoms with Crippen molar-refractivity contribution in [3.05, 3.63) is 41.5 Å². The molecule has 0 bridgehead atoms. The van der Waals surface area contributed by atoms with Gasteiger partial charge in [0, 0.05) is 11.8 Å². The van der Waals surface area contributed by atoms with E-state index in [1.165, 1.54) is 6.07 Å². The molecule has 94 valence electrons. The number of nitrogens with zero attached hydrogens (tertiary/aromatic N) is 2. The third-order valence-corrected chi connectivity index (χ3v) is 2.42. The standard InChI is InChI=1S/C12H14FN5/c1-7-5-9(3-4-10(7)13)17-11-6-12(18-14)16-8(2)15-11/h3-6H,14H2,1-2H3,(H2,15,16,17,18). The first-order valence-corrected chi connectivity index (χ1v) is 5.44. The third kappa shape index (κ3) is 2.72. The first-order chi connectivity index (χ1) is 8.58. The average molecular weight is 247 g/mol. The van der Waals surface area contributed by atoms with E-state index in [-0.39, 0.29) is 5.82 Å². The van der Waals surface area contributed by atoms with Gasteiger partial charge >= 0.3 is 0 Å². The van der Waals surface area contributed by atoms with Gasteiger partial charge in [0.1, 0.15) is 23.3 Å². The summed E-state index contributed by atoms with van der Waals surface area (Å²) >= 11 is 0. The highest BCUT2D eigenvalue weighted by Gasteiger charge is 2.03. The molecule has 1 heterocycles. The highest BCUT2D eigenvalue weighted by atomic mass is 19.1. The summed E-state index contributed by atoms with van der Waals surface area (Å²) in [6.07, 6.45) is 0. The smallest absolute Gasteiger partial charge is 0.145 e. The molecule has 1 aromatic heterocycles. The molecule has 0 aliphatic rings. The number of nitrogens with two attached hydrogens (primary N) is 1. The molecule has 4 N–H and O–H groups in total. The molecule has 18 heavy (non-hydrogen) atoms. The van der Waals surface area contributed by atoms with E-state index in [0.29, 0.717) is 23.0 Å². The van der Waals surface area contributed by atoms with Gasteiger partial charge in [0.25, 0.3) is 0 Å². The summed E-state index contributed by atoms with van der Waals surface area (Å²) < 4.78 is 13.1. The van der Waals surface area contributed by atoms with Crippen molar-refractivity contribution >= 4 is 17.3 Å². The quantitative estimate of drug-likeness (QED) is 0.573. The topological polar surface area (TPSA) is 75.9 Å². The number of halogens is 1. The largest absolute Gasteiger partial charge is 0.340 e. The number of nitrogen functional groups attached to an aromatic ring is 1. The predicted molar refractivity (Wildman–Crippen MR) is 69.0 cm³/mol. The summed E-state index contributed by atoms with van der Waals surface area (Å²) in [6, 6.07) is 6.44. The molecule has 6 heteroatoms. The van der Waals surface area contributed by atoms with Crippen LogP contribution >= 0.6 is 0 Å². The number of benzene rings is 1. The van der Waals surface area contributed by atoms with Gasteiger partial charge in [-0.2, -0.15) is 0 Å². The summed E-state index contributed by atoms with van der Waals surface area (Å²) in [6.45, 7) is 3.47. The number of aromatic nitrogens is 2. The zero-order valence-corrected chi connectivity index (χ0v) is 10.2. The van der Waals surface area contributed by atoms with Crippen molar-refractivity contribution in [2.24, 2.45) is 5.84 Å². The van der Waals surface area contributed by atoms with Gasteiger partial charge in [-0.05, 0) is 37.6 Å². The number of hydrogen-bond acceptors (Lipinski definition) is 5. The molecule has 1 aromatic carbocycles. The summed E-state index contributed by atoms with van der Waals surface area (Å²) in [5, 5.41) is 3.07. The zero-order valence-electron chi connectivity index (χ0n) is 10.2. The molecular formula is C12H14FN5. The van der Waals surface area contributed by atoms with Crippen molar-refractivity contribution in [1.82, 2.24) is 9.97 Å². The molecule has 0 spiro atoms. The molecule has 0 atom stereocenters. The first kappa shape index (κ1) is 12.3. The van der Waals surface area contributed by atoms with E-state index < -0.39 is 0 Å². The molecule has 0 aliphatic carbocycles. The Morgan fingerprint density at radius 2 is 1.83 bits per heavy atom. The fraction of sp³-hybridized carbons (Fsp3) is 0.167. The summed E-state index contributed by atoms with van der Waals surface area (Å²) in [7, 11) is 0. The fourth-order valence-electron chi connectivity index (χ4n) is 1.58. The van der Waals surface area contributed by atoms with Crippen LogP contribution < -0.4 is 16.6 Å². The van der Waals surface area contributed by atoms with Crippen LogP contribution in [0.15, 0.2) is 24.3 Å². The molecule has 0 saturated heterocycles. The molecular weight excluding hydrogens is 233 g/mol. The van der Waals surface area contributed by atoms with Crippen LogP contribution in [0.3, 0.4) is 0 Å². The van der Waals surface area contributed by atoms with E-state index in [9.17, 15) is 4.39 Å². The van der Waals surface area contributed by atoms with Gasteiger partial charge in [0.15, 0.2) is 0 Å². The van der Waals surface area contributed by atoms with Crippen molar-refractivity contribution in [1.29, 1.82) is 0 Å². The second-order valence-corrected chi connectivity index (χ2v) is 3.92. The van der Waals surface area contributed by atoms with Gasteiger partial charge in [-0.3, -0.25) is 0 Å². The molecule has 0 radical (unpaired) electrons. The molecule has 0 fully saturated rings. The number of hydrazine groups is 1. The van der Waals surface area contributed by atoms with Crippen LogP contribution in [0.5, 0.6) is 0 Å². The van der Waals surface area contributed by atoms with Crippen molar-refractivity contribution in [3.63, 3.8) is 0 Å². The number of nitrogens with one attached hydrogen (secondary N) is 2. The minimum Gasteiger partial charge on any atom is -0.340 e. The van der Waals surface area contributed by atoms with Crippen LogP contribution in [-0.4, -0.2) is 9.97 Å². The van der Waals surface area contributed by atoms with Crippen molar-refractivity contribution < 1.29 is 4.39 Å². The highest BCUT2D eigenvalue weighted by Crippen LogP contribution is 2.19. The van der Waals surface area contributed by atoms with Crippen LogP contribution in [-0.2, 0) is 0 Å². The van der Waals surface area contributed by atoms with Gasteiger partial charge in [-0.25, -0.2) is 20.2 Å². The number of anilines is 3. The maximum absolute atomic E-state index is 13.1. The maximum atomic E-state index is 13.1. The third-order valence-electron chi connectivity index (χ3n) is 2.42. The Balaban J connectivity index is 2.27. The van der Waals surface area contributed by atoms with E-state index >= 15 is 0 Å². The molecule has 0 amide bonds. The molecule has 0 unspecified atom stereocenters. The van der Waals surface area contributed by atoms with E-state index in [1.807, 2.05) is 0 Å². The minimum absolute atomic E-state index is 0.233. The summed E-state index contributed by atoms with van der Waals surface area (Å²) in [5.74, 6) is 6.78. The van der Waals surface area contributed by atoms with Crippen molar-refractivity contribution in [2.75, 3.05) is 10.7 Å². The van der Waals surface area contributed by atoms with Crippen LogP contribution in [0, 0.1) is 19.7 Å². The first-order valence-electron chi connectivity index (χ1n) is 5.44. The van der Waals surface area contributed by atoms with Crippen LogP contribution in [0.1, 0.15) is 11.4 Å². The Kier molecular flexibility index (Phi) is 3.38. The lowest BCUT2D eigenvalue weighted by atomic mass is 10.2. The van der Waals surface area contributed by atoms with E-state index in [0.717, 1.165) is 5.69 Å². The average Bonchev–Trinajstić information content (AvgIpc) is 2.33. The Bertz CT molecular complexity index is 570. The number of aryl methyl sites for hydroxylation is 2. The normalized spacial score (nSPS) is 10.2. The van der Waals surface area contributed by atoms with Crippen LogP contribution in [0.4, 0.5) is 21.7 Å². The molecule has 2 rings (SSSR count). The lowest BCUT2D eigenvalue weighted by Gasteiger charge is -2.09. The van der Waals surface area contributed by atoms with Gasteiger partial charge < -0.3 is 10.7 Å². The highest BCUT2D eigenvalue weighted by molar-refractivity contribution is 5.59. The van der Waals surface area contributed by atoms with E-state index in [1.54, 1.807) is 32.0 Å². The molecule has 5 nitrogen and oxygen atoms in total. The molecule has 0 aliphatic heterocycles. The van der Waals surface area contributed by atoms with Gasteiger partial charge in [0.05, 0.1) is 0 Å². The summed E-state index contributed by atoms with van der Waals surface area (Å²) in [5.41, 5.74) is 3.79. The van der Waals surface area contributed by atoms with Gasteiger partial charge in [-0.15, -0.1) is 0 Å².